The van der Waals surface area contributed by atoms with Gasteiger partial charge in [-0.1, -0.05) is 18.2 Å². The van der Waals surface area contributed by atoms with E-state index >= 15 is 0 Å². The molecule has 0 atom stereocenters. The molecule has 0 saturated heterocycles. The topological polar surface area (TPSA) is 108 Å². The number of hydrogen-bond acceptors (Lipinski definition) is 6. The van der Waals surface area contributed by atoms with Crippen molar-refractivity contribution in [2.75, 3.05) is 7.11 Å². The molecule has 0 aliphatic carbocycles. The lowest BCUT2D eigenvalue weighted by atomic mass is 10.1. The largest absolute Gasteiger partial charge is 0.495 e. The first-order chi connectivity index (χ1) is 16.9. The van der Waals surface area contributed by atoms with Crippen LogP contribution in [0.1, 0.15) is 10.4 Å². The van der Waals surface area contributed by atoms with Gasteiger partial charge in [-0.25, -0.2) is 17.8 Å². The maximum Gasteiger partial charge on any atom is 0.268 e. The molecule has 0 fully saturated rings. The molecule has 3 aromatic carbocycles. The molecule has 0 saturated carbocycles. The average molecular weight is 488 g/mol. The highest BCUT2D eigenvalue weighted by Crippen LogP contribution is 2.29. The van der Waals surface area contributed by atoms with Crippen molar-refractivity contribution in [1.82, 2.24) is 24.3 Å². The molecule has 5 aromatic rings. The third-order valence-corrected chi connectivity index (χ3v) is 6.91. The molecule has 5 rings (SSSR count). The molecule has 0 spiro atoms. The van der Waals surface area contributed by atoms with Crippen LogP contribution in [0.25, 0.3) is 27.7 Å². The van der Waals surface area contributed by atoms with Gasteiger partial charge >= 0.3 is 0 Å². The minimum absolute atomic E-state index is 0.118. The summed E-state index contributed by atoms with van der Waals surface area (Å²) in [5, 5.41) is 10.2. The standard InChI is InChI=1S/C25H21N5O4S/c1-29-14-11-21(27-29)18-8-10-23(34-2)24(16-18)35(32,33)28-25(31)19-7-9-20-17(15-19)5-3-6-22(20)30-13-4-12-26-30/h3-16H,1-2H3,(H,28,31). The summed E-state index contributed by atoms with van der Waals surface area (Å²) in [6, 6.07) is 18.9. The van der Waals surface area contributed by atoms with Crippen molar-refractivity contribution in [3.05, 3.63) is 90.9 Å². The lowest BCUT2D eigenvalue weighted by Crippen LogP contribution is -2.30. The summed E-state index contributed by atoms with van der Waals surface area (Å²) in [4.78, 5) is 12.8. The number of nitrogens with one attached hydrogen (secondary N) is 1. The van der Waals surface area contributed by atoms with Gasteiger partial charge in [0, 0.05) is 42.2 Å². The SMILES string of the molecule is COc1ccc(-c2ccn(C)n2)cc1S(=O)(=O)NC(=O)c1ccc2c(-n3cccn3)cccc2c1. The van der Waals surface area contributed by atoms with Crippen molar-refractivity contribution in [1.29, 1.82) is 0 Å². The second kappa shape index (κ2) is 8.73. The summed E-state index contributed by atoms with van der Waals surface area (Å²) in [6.07, 6.45) is 5.27. The second-order valence-electron chi connectivity index (χ2n) is 7.84. The molecule has 0 aliphatic rings. The third-order valence-electron chi connectivity index (χ3n) is 5.56. The van der Waals surface area contributed by atoms with E-state index in [0.29, 0.717) is 11.3 Å². The van der Waals surface area contributed by atoms with Crippen LogP contribution in [-0.2, 0) is 17.1 Å². The minimum Gasteiger partial charge on any atom is -0.495 e. The zero-order valence-corrected chi connectivity index (χ0v) is 19.7. The van der Waals surface area contributed by atoms with Crippen LogP contribution < -0.4 is 9.46 Å². The monoisotopic (exact) mass is 487 g/mol. The number of methoxy groups -OCH3 is 1. The Balaban J connectivity index is 1.47. The fourth-order valence-electron chi connectivity index (χ4n) is 3.87. The van der Waals surface area contributed by atoms with E-state index in [1.807, 2.05) is 30.5 Å². The van der Waals surface area contributed by atoms with E-state index in [0.717, 1.165) is 16.5 Å². The number of ether oxygens (including phenoxy) is 1. The number of rotatable bonds is 6. The van der Waals surface area contributed by atoms with E-state index in [-0.39, 0.29) is 16.2 Å². The third kappa shape index (κ3) is 4.26. The molecule has 9 nitrogen and oxygen atoms in total. The van der Waals surface area contributed by atoms with Crippen molar-refractivity contribution >= 4 is 26.7 Å². The predicted molar refractivity (Wildman–Crippen MR) is 131 cm³/mol. The Labute approximate surface area is 201 Å². The zero-order chi connectivity index (χ0) is 24.6. The molecule has 1 N–H and O–H groups in total. The molecule has 0 aliphatic heterocycles. The molecule has 2 heterocycles. The van der Waals surface area contributed by atoms with Crippen molar-refractivity contribution < 1.29 is 17.9 Å². The maximum atomic E-state index is 13.2. The lowest BCUT2D eigenvalue weighted by molar-refractivity contribution is 0.0981. The fourth-order valence-corrected chi connectivity index (χ4v) is 5.04. The van der Waals surface area contributed by atoms with E-state index in [2.05, 4.69) is 14.9 Å². The second-order valence-corrected chi connectivity index (χ2v) is 9.49. The molecule has 0 unspecified atom stereocenters. The number of benzene rings is 3. The van der Waals surface area contributed by atoms with E-state index in [4.69, 9.17) is 4.74 Å². The number of aryl methyl sites for hydroxylation is 1. The van der Waals surface area contributed by atoms with Crippen LogP contribution in [-0.4, -0.2) is 41.0 Å². The highest BCUT2D eigenvalue weighted by molar-refractivity contribution is 7.90. The van der Waals surface area contributed by atoms with Crippen molar-refractivity contribution in [3.8, 4) is 22.7 Å². The highest BCUT2D eigenvalue weighted by atomic mass is 32.2. The van der Waals surface area contributed by atoms with Gasteiger partial charge in [0.1, 0.15) is 10.6 Å². The van der Waals surface area contributed by atoms with Crippen LogP contribution in [0.15, 0.2) is 90.2 Å². The summed E-state index contributed by atoms with van der Waals surface area (Å²) in [7, 11) is -1.10. The van der Waals surface area contributed by atoms with Gasteiger partial charge in [-0.3, -0.25) is 9.48 Å². The number of aromatic nitrogens is 4. The lowest BCUT2D eigenvalue weighted by Gasteiger charge is -2.13. The summed E-state index contributed by atoms with van der Waals surface area (Å²) >= 11 is 0. The van der Waals surface area contributed by atoms with Crippen LogP contribution >= 0.6 is 0 Å². The van der Waals surface area contributed by atoms with E-state index < -0.39 is 15.9 Å². The first kappa shape index (κ1) is 22.4. The van der Waals surface area contributed by atoms with Gasteiger partial charge in [-0.2, -0.15) is 10.2 Å². The number of nitrogens with zero attached hydrogens (tertiary/aromatic N) is 4. The minimum atomic E-state index is -4.24. The molecule has 1 amide bonds. The van der Waals surface area contributed by atoms with Gasteiger partial charge < -0.3 is 4.74 Å². The van der Waals surface area contributed by atoms with E-state index in [1.165, 1.54) is 19.2 Å². The summed E-state index contributed by atoms with van der Waals surface area (Å²) in [5.41, 5.74) is 2.23. The Morgan fingerprint density at radius 3 is 2.57 bits per heavy atom. The molecule has 176 valence electrons. The summed E-state index contributed by atoms with van der Waals surface area (Å²) in [5.74, 6) is -0.631. The molecule has 0 bridgehead atoms. The highest BCUT2D eigenvalue weighted by Gasteiger charge is 2.24. The van der Waals surface area contributed by atoms with Gasteiger partial charge in [0.25, 0.3) is 15.9 Å². The molecule has 0 radical (unpaired) electrons. The van der Waals surface area contributed by atoms with Crippen LogP contribution in [0.4, 0.5) is 0 Å². The normalized spacial score (nSPS) is 11.5. The molecule has 2 aromatic heterocycles. The Kier molecular flexibility index (Phi) is 5.58. The van der Waals surface area contributed by atoms with Gasteiger partial charge in [-0.05, 0) is 53.9 Å². The van der Waals surface area contributed by atoms with Crippen molar-refractivity contribution in [3.63, 3.8) is 0 Å². The number of hydrogen-bond donors (Lipinski definition) is 1. The first-order valence-corrected chi connectivity index (χ1v) is 12.1. The van der Waals surface area contributed by atoms with E-state index in [1.54, 1.807) is 59.1 Å². The van der Waals surface area contributed by atoms with Gasteiger partial charge in [0.15, 0.2) is 0 Å². The Hall–Kier alpha value is -4.44. The smallest absolute Gasteiger partial charge is 0.268 e. The van der Waals surface area contributed by atoms with Gasteiger partial charge in [0.05, 0.1) is 18.5 Å². The average Bonchev–Trinajstić information content (AvgIpc) is 3.55. The van der Waals surface area contributed by atoms with Crippen molar-refractivity contribution in [2.45, 2.75) is 4.90 Å². The molecule has 10 heteroatoms. The fraction of sp³-hybridized carbons (Fsp3) is 0.0800. The zero-order valence-electron chi connectivity index (χ0n) is 18.9. The molecule has 35 heavy (non-hydrogen) atoms. The Morgan fingerprint density at radius 1 is 1.00 bits per heavy atom. The quantitative estimate of drug-likeness (QED) is 0.392. The van der Waals surface area contributed by atoms with Gasteiger partial charge in [0.2, 0.25) is 0 Å². The maximum absolute atomic E-state index is 13.2. The number of amides is 1. The first-order valence-electron chi connectivity index (χ1n) is 10.6. The van der Waals surface area contributed by atoms with Crippen LogP contribution in [0.3, 0.4) is 0 Å². The van der Waals surface area contributed by atoms with Gasteiger partial charge in [-0.15, -0.1) is 0 Å². The summed E-state index contributed by atoms with van der Waals surface area (Å²) < 4.78 is 37.2. The Morgan fingerprint density at radius 2 is 1.86 bits per heavy atom. The van der Waals surface area contributed by atoms with Crippen LogP contribution in [0.5, 0.6) is 5.75 Å². The number of carbonyl (C=O) groups excluding carboxylic acids is 1. The number of carbonyl (C=O) groups is 1. The Bertz CT molecular complexity index is 1660. The molecular weight excluding hydrogens is 466 g/mol. The van der Waals surface area contributed by atoms with Crippen LogP contribution in [0, 0.1) is 0 Å². The van der Waals surface area contributed by atoms with E-state index in [9.17, 15) is 13.2 Å². The van der Waals surface area contributed by atoms with Crippen LogP contribution in [0.2, 0.25) is 0 Å². The summed E-state index contributed by atoms with van der Waals surface area (Å²) in [6.45, 7) is 0. The predicted octanol–water partition coefficient (Wildman–Crippen LogP) is 3.55. The molecular formula is C25H21N5O4S. The number of fused-ring (bicyclic) bond motifs is 1. The number of sulfonamides is 1. The van der Waals surface area contributed by atoms with Crippen molar-refractivity contribution in [2.24, 2.45) is 7.05 Å².